The minimum absolute atomic E-state index is 0.0593. The number of para-hydroxylation sites is 1. The number of urea groups is 1. The Bertz CT molecular complexity index is 2010. The second-order valence-electron chi connectivity index (χ2n) is 12.8. The predicted molar refractivity (Wildman–Crippen MR) is 203 cm³/mol. The van der Waals surface area contributed by atoms with Gasteiger partial charge in [0.25, 0.3) is 5.91 Å². The van der Waals surface area contributed by atoms with Crippen molar-refractivity contribution in [3.05, 3.63) is 95.8 Å². The maximum Gasteiger partial charge on any atom is 0.319 e. The molecule has 1 aliphatic heterocycles. The van der Waals surface area contributed by atoms with Crippen LogP contribution in [0, 0.1) is 0 Å². The van der Waals surface area contributed by atoms with Crippen LogP contribution in [-0.4, -0.2) is 69.8 Å². The molecule has 0 unspecified atom stereocenters. The van der Waals surface area contributed by atoms with Crippen molar-refractivity contribution in [2.75, 3.05) is 30.8 Å². The van der Waals surface area contributed by atoms with Gasteiger partial charge < -0.3 is 29.8 Å². The van der Waals surface area contributed by atoms with Gasteiger partial charge in [0, 0.05) is 59.8 Å². The molecule has 52 heavy (non-hydrogen) atoms. The third-order valence-corrected chi connectivity index (χ3v) is 10.1. The van der Waals surface area contributed by atoms with Gasteiger partial charge in [0.05, 0.1) is 31.3 Å². The summed E-state index contributed by atoms with van der Waals surface area (Å²) in [5.41, 5.74) is 4.74. The molecule has 3 amide bonds. The molecule has 1 aliphatic rings. The van der Waals surface area contributed by atoms with E-state index < -0.39 is 5.97 Å². The molecule has 272 valence electrons. The lowest BCUT2D eigenvalue weighted by Crippen LogP contribution is -2.37. The summed E-state index contributed by atoms with van der Waals surface area (Å²) in [6.07, 6.45) is 6.60. The fraction of sp³-hybridized carbons (Fsp3) is 0.333. The molecule has 0 spiro atoms. The first-order valence-electron chi connectivity index (χ1n) is 17.5. The van der Waals surface area contributed by atoms with Gasteiger partial charge in [0.2, 0.25) is 5.06 Å². The molecule has 0 atom stereocenters. The second-order valence-corrected chi connectivity index (χ2v) is 13.8. The smallest absolute Gasteiger partial charge is 0.319 e. The molecule has 0 aliphatic carbocycles. The van der Waals surface area contributed by atoms with Crippen molar-refractivity contribution >= 4 is 51.0 Å². The van der Waals surface area contributed by atoms with Gasteiger partial charge in [-0.1, -0.05) is 43.4 Å². The van der Waals surface area contributed by atoms with E-state index in [9.17, 15) is 19.5 Å². The van der Waals surface area contributed by atoms with Crippen LogP contribution in [0.4, 0.5) is 15.6 Å². The number of aromatic nitrogens is 2. The van der Waals surface area contributed by atoms with Crippen molar-refractivity contribution in [3.63, 3.8) is 0 Å². The lowest BCUT2D eigenvalue weighted by molar-refractivity contribution is -0.139. The first-order valence-corrected chi connectivity index (χ1v) is 18.4. The Morgan fingerprint density at radius 3 is 2.46 bits per heavy atom. The van der Waals surface area contributed by atoms with Crippen LogP contribution in [0.5, 0.6) is 10.8 Å². The molecular weight excluding hydrogens is 681 g/mol. The van der Waals surface area contributed by atoms with E-state index >= 15 is 0 Å². The predicted octanol–water partition coefficient (Wildman–Crippen LogP) is 7.11. The molecular formula is C39H44N6O6S. The average molecular weight is 725 g/mol. The van der Waals surface area contributed by atoms with Crippen molar-refractivity contribution in [1.29, 1.82) is 0 Å². The fourth-order valence-electron chi connectivity index (χ4n) is 6.29. The number of ether oxygens (including phenoxy) is 2. The highest BCUT2D eigenvalue weighted by Gasteiger charge is 2.20. The zero-order valence-corrected chi connectivity index (χ0v) is 30.4. The third kappa shape index (κ3) is 8.97. The number of carbonyl (C=O) groups is 3. The number of carbonyl (C=O) groups excluding carboxylic acids is 3. The van der Waals surface area contributed by atoms with Gasteiger partial charge in [0.15, 0.2) is 5.13 Å². The van der Waals surface area contributed by atoms with Crippen LogP contribution < -0.4 is 20.7 Å². The molecule has 0 bridgehead atoms. The van der Waals surface area contributed by atoms with E-state index in [1.807, 2.05) is 38.1 Å². The topological polar surface area (TPSA) is 147 Å². The number of benzene rings is 3. The van der Waals surface area contributed by atoms with Gasteiger partial charge in [-0.05, 0) is 79.8 Å². The van der Waals surface area contributed by atoms with Gasteiger partial charge in [-0.3, -0.25) is 19.8 Å². The highest BCUT2D eigenvalue weighted by Crippen LogP contribution is 2.34. The summed E-state index contributed by atoms with van der Waals surface area (Å²) in [6.45, 7) is 6.58. The molecule has 1 saturated heterocycles. The molecule has 1 fully saturated rings. The van der Waals surface area contributed by atoms with E-state index in [0.717, 1.165) is 67.9 Å². The number of fused-ring (bicyclic) bond motifs is 1. The number of rotatable bonds is 13. The summed E-state index contributed by atoms with van der Waals surface area (Å²) in [5.74, 6) is -0.383. The van der Waals surface area contributed by atoms with Crippen molar-refractivity contribution in [3.8, 4) is 16.5 Å². The number of likely N-dealkylation sites (tertiary alicyclic amines) is 1. The largest absolute Gasteiger partial charge is 0.469 e. The van der Waals surface area contributed by atoms with Crippen molar-refractivity contribution in [2.45, 2.75) is 64.6 Å². The lowest BCUT2D eigenvalue weighted by atomic mass is 10.1. The normalized spacial score (nSPS) is 13.6. The number of thiazole rings is 1. The van der Waals surface area contributed by atoms with Crippen LogP contribution in [0.3, 0.4) is 0 Å². The van der Waals surface area contributed by atoms with Crippen molar-refractivity contribution in [1.82, 2.24) is 19.8 Å². The number of hydrogen-bond donors (Lipinski definition) is 4. The number of piperidine rings is 1. The monoisotopic (exact) mass is 724 g/mol. The summed E-state index contributed by atoms with van der Waals surface area (Å²) >= 11 is 1.15. The van der Waals surface area contributed by atoms with Crippen LogP contribution in [0.2, 0.25) is 0 Å². The number of nitrogens with one attached hydrogen (secondary N) is 3. The zero-order valence-electron chi connectivity index (χ0n) is 29.6. The Balaban J connectivity index is 1.11. The average Bonchev–Trinajstić information content (AvgIpc) is 3.76. The number of aliphatic hydroxyl groups excluding tert-OH is 1. The highest BCUT2D eigenvalue weighted by molar-refractivity contribution is 7.17. The number of hydrogen-bond acceptors (Lipinski definition) is 9. The lowest BCUT2D eigenvalue weighted by Gasteiger charge is -2.29. The summed E-state index contributed by atoms with van der Waals surface area (Å²) < 4.78 is 13.1. The van der Waals surface area contributed by atoms with Gasteiger partial charge in [0.1, 0.15) is 5.75 Å². The molecule has 2 aromatic heterocycles. The Morgan fingerprint density at radius 1 is 0.981 bits per heavy atom. The molecule has 12 nitrogen and oxygen atoms in total. The first kappa shape index (κ1) is 36.5. The van der Waals surface area contributed by atoms with Crippen LogP contribution in [0.25, 0.3) is 16.6 Å². The summed E-state index contributed by atoms with van der Waals surface area (Å²) in [6, 6.07) is 20.5. The number of nitrogens with zero attached hydrogens (tertiary/aromatic N) is 3. The Morgan fingerprint density at radius 2 is 1.73 bits per heavy atom. The van der Waals surface area contributed by atoms with Gasteiger partial charge >= 0.3 is 12.0 Å². The van der Waals surface area contributed by atoms with E-state index in [0.29, 0.717) is 32.8 Å². The second kappa shape index (κ2) is 16.9. The van der Waals surface area contributed by atoms with E-state index in [4.69, 9.17) is 9.47 Å². The molecule has 3 aromatic carbocycles. The standard InChI is InChI=1S/C39H44N6O6S/c1-4-28(5-2)41-38(49)42-29-12-15-34(26(20-29)21-35(47)50-3)51-36-22-40-39(52-36)43-37(48)25-10-13-30(14-11-25)45-24-27(32-8-6-7-9-33(32)45)23-44-18-16-31(46)17-19-44/h6-15,20,22,24,28,31,46H,4-5,16-19,21,23H2,1-3H3,(H,40,43,48)(H2,41,42,49). The van der Waals surface area contributed by atoms with E-state index in [-0.39, 0.29) is 30.5 Å². The van der Waals surface area contributed by atoms with Gasteiger partial charge in [-0.15, -0.1) is 0 Å². The van der Waals surface area contributed by atoms with Crippen LogP contribution in [0.1, 0.15) is 61.0 Å². The number of anilines is 2. The molecule has 13 heteroatoms. The van der Waals surface area contributed by atoms with Crippen molar-refractivity contribution < 1.29 is 29.0 Å². The Kier molecular flexibility index (Phi) is 11.8. The molecule has 0 radical (unpaired) electrons. The fourth-order valence-corrected chi connectivity index (χ4v) is 6.97. The minimum atomic E-state index is -0.462. The molecule has 6 rings (SSSR count). The Hall–Kier alpha value is -5.24. The van der Waals surface area contributed by atoms with E-state index in [1.54, 1.807) is 30.3 Å². The third-order valence-electron chi connectivity index (χ3n) is 9.27. The number of methoxy groups -OCH3 is 1. The zero-order chi connectivity index (χ0) is 36.6. The molecule has 3 heterocycles. The SMILES string of the molecule is CCC(CC)NC(=O)Nc1ccc(Oc2cnc(NC(=O)c3ccc(-n4cc(CN5CCC(O)CC5)c5ccccc54)cc3)s2)c(CC(=O)OC)c1. The minimum Gasteiger partial charge on any atom is -0.469 e. The maximum absolute atomic E-state index is 13.2. The quantitative estimate of drug-likeness (QED) is 0.0940. The van der Waals surface area contributed by atoms with E-state index in [1.165, 1.54) is 24.3 Å². The number of aliphatic hydroxyl groups is 1. The highest BCUT2D eigenvalue weighted by atomic mass is 32.1. The summed E-state index contributed by atoms with van der Waals surface area (Å²) in [5, 5.41) is 20.4. The molecule has 0 saturated carbocycles. The van der Waals surface area contributed by atoms with Gasteiger partial charge in [-0.2, -0.15) is 0 Å². The molecule has 4 N–H and O–H groups in total. The van der Waals surface area contributed by atoms with E-state index in [2.05, 4.69) is 48.7 Å². The van der Waals surface area contributed by atoms with Crippen LogP contribution in [0.15, 0.2) is 79.1 Å². The Labute approximate surface area is 306 Å². The first-order chi connectivity index (χ1) is 25.2. The summed E-state index contributed by atoms with van der Waals surface area (Å²) in [7, 11) is 1.31. The summed E-state index contributed by atoms with van der Waals surface area (Å²) in [4.78, 5) is 44.6. The van der Waals surface area contributed by atoms with Gasteiger partial charge in [-0.25, -0.2) is 9.78 Å². The van der Waals surface area contributed by atoms with Crippen LogP contribution in [-0.2, 0) is 22.5 Å². The van der Waals surface area contributed by atoms with Crippen LogP contribution >= 0.6 is 11.3 Å². The molecule has 5 aromatic rings. The van der Waals surface area contributed by atoms with Crippen molar-refractivity contribution in [2.24, 2.45) is 0 Å². The number of esters is 1. The maximum atomic E-state index is 13.2. The number of amides is 3.